The van der Waals surface area contributed by atoms with Crippen molar-refractivity contribution in [1.82, 2.24) is 15.3 Å². The highest BCUT2D eigenvalue weighted by Crippen LogP contribution is 2.32. The third-order valence-corrected chi connectivity index (χ3v) is 4.19. The van der Waals surface area contributed by atoms with E-state index in [0.29, 0.717) is 37.2 Å². The molecule has 0 aromatic carbocycles. The predicted octanol–water partition coefficient (Wildman–Crippen LogP) is 1.21. The maximum Gasteiger partial charge on any atom is 0.254 e. The molecule has 23 heavy (non-hydrogen) atoms. The third-order valence-electron chi connectivity index (χ3n) is 4.19. The second kappa shape index (κ2) is 6.80. The van der Waals surface area contributed by atoms with Gasteiger partial charge in [-0.3, -0.25) is 4.79 Å². The minimum Gasteiger partial charge on any atom is -0.352 e. The number of nitrogens with one attached hydrogen (secondary N) is 1. The molecule has 0 atom stereocenters. The topological polar surface area (TPSA) is 76.6 Å². The first-order valence-electron chi connectivity index (χ1n) is 8.21. The standard InChI is InChI=1S/C16H24N4O3/c1-12(2)9-17-14(21)13-10-18-15(19-11-13)20-5-3-16(4-6-20)22-7-8-23-16/h10-12H,3-9H2,1-2H3,(H,17,21). The van der Waals surface area contributed by atoms with Crippen LogP contribution in [0.5, 0.6) is 0 Å². The lowest BCUT2D eigenvalue weighted by Gasteiger charge is -2.37. The Kier molecular flexibility index (Phi) is 4.77. The van der Waals surface area contributed by atoms with Gasteiger partial charge in [0.25, 0.3) is 5.91 Å². The van der Waals surface area contributed by atoms with Crippen molar-refractivity contribution < 1.29 is 14.3 Å². The SMILES string of the molecule is CC(C)CNC(=O)c1cnc(N2CCC3(CC2)OCCO3)nc1. The molecule has 2 saturated heterocycles. The zero-order valence-corrected chi connectivity index (χ0v) is 13.7. The van der Waals surface area contributed by atoms with Crippen LogP contribution in [0.2, 0.25) is 0 Å². The van der Waals surface area contributed by atoms with Crippen molar-refractivity contribution >= 4 is 11.9 Å². The van der Waals surface area contributed by atoms with E-state index in [-0.39, 0.29) is 5.91 Å². The van der Waals surface area contributed by atoms with Gasteiger partial charge in [0.15, 0.2) is 5.79 Å². The van der Waals surface area contributed by atoms with Crippen molar-refractivity contribution in [2.24, 2.45) is 5.92 Å². The average molecular weight is 320 g/mol. The van der Waals surface area contributed by atoms with Crippen LogP contribution in [0, 0.1) is 5.92 Å². The fourth-order valence-corrected chi connectivity index (χ4v) is 2.83. The van der Waals surface area contributed by atoms with E-state index < -0.39 is 5.79 Å². The molecule has 2 aliphatic rings. The number of amides is 1. The zero-order chi connectivity index (χ0) is 16.3. The van der Waals surface area contributed by atoms with E-state index in [9.17, 15) is 4.79 Å². The molecule has 1 spiro atoms. The molecule has 1 amide bonds. The van der Waals surface area contributed by atoms with Crippen LogP contribution in [0.15, 0.2) is 12.4 Å². The van der Waals surface area contributed by atoms with Gasteiger partial charge in [-0.1, -0.05) is 13.8 Å². The molecule has 1 N–H and O–H groups in total. The Morgan fingerprint density at radius 3 is 2.43 bits per heavy atom. The lowest BCUT2D eigenvalue weighted by atomic mass is 10.0. The molecule has 1 aromatic rings. The number of nitrogens with zero attached hydrogens (tertiary/aromatic N) is 3. The van der Waals surface area contributed by atoms with Gasteiger partial charge in [0.2, 0.25) is 5.95 Å². The number of hydrogen-bond donors (Lipinski definition) is 1. The van der Waals surface area contributed by atoms with Gasteiger partial charge in [-0.05, 0) is 5.92 Å². The molecule has 0 bridgehead atoms. The molecule has 2 fully saturated rings. The highest BCUT2D eigenvalue weighted by atomic mass is 16.7. The van der Waals surface area contributed by atoms with E-state index in [1.54, 1.807) is 12.4 Å². The lowest BCUT2D eigenvalue weighted by molar-refractivity contribution is -0.169. The minimum atomic E-state index is -0.396. The number of rotatable bonds is 4. The highest BCUT2D eigenvalue weighted by molar-refractivity contribution is 5.93. The Morgan fingerprint density at radius 1 is 1.26 bits per heavy atom. The maximum atomic E-state index is 12.0. The number of anilines is 1. The smallest absolute Gasteiger partial charge is 0.254 e. The number of carbonyl (C=O) groups excluding carboxylic acids is 1. The van der Waals surface area contributed by atoms with Crippen molar-refractivity contribution in [3.05, 3.63) is 18.0 Å². The van der Waals surface area contributed by atoms with E-state index in [0.717, 1.165) is 25.9 Å². The van der Waals surface area contributed by atoms with Crippen LogP contribution in [0.4, 0.5) is 5.95 Å². The lowest BCUT2D eigenvalue weighted by Crippen LogP contribution is -2.45. The van der Waals surface area contributed by atoms with Crippen LogP contribution < -0.4 is 10.2 Å². The molecule has 3 rings (SSSR count). The summed E-state index contributed by atoms with van der Waals surface area (Å²) in [6, 6.07) is 0. The summed E-state index contributed by atoms with van der Waals surface area (Å²) < 4.78 is 11.4. The van der Waals surface area contributed by atoms with E-state index >= 15 is 0 Å². The predicted molar refractivity (Wildman–Crippen MR) is 85.3 cm³/mol. The van der Waals surface area contributed by atoms with Crippen LogP contribution in [-0.2, 0) is 9.47 Å². The molecule has 0 radical (unpaired) electrons. The quantitative estimate of drug-likeness (QED) is 0.898. The summed E-state index contributed by atoms with van der Waals surface area (Å²) in [4.78, 5) is 22.7. The monoisotopic (exact) mass is 320 g/mol. The first-order chi connectivity index (χ1) is 11.1. The molecule has 2 aliphatic heterocycles. The van der Waals surface area contributed by atoms with Crippen molar-refractivity contribution in [2.45, 2.75) is 32.5 Å². The molecular formula is C16H24N4O3. The number of aromatic nitrogens is 2. The van der Waals surface area contributed by atoms with Crippen molar-refractivity contribution in [2.75, 3.05) is 37.7 Å². The second-order valence-corrected chi connectivity index (χ2v) is 6.47. The summed E-state index contributed by atoms with van der Waals surface area (Å²) in [7, 11) is 0. The molecule has 1 aromatic heterocycles. The Bertz CT molecular complexity index is 531. The third kappa shape index (κ3) is 3.79. The second-order valence-electron chi connectivity index (χ2n) is 6.47. The minimum absolute atomic E-state index is 0.129. The van der Waals surface area contributed by atoms with Gasteiger partial charge < -0.3 is 19.7 Å². The van der Waals surface area contributed by atoms with Crippen molar-refractivity contribution in [1.29, 1.82) is 0 Å². The largest absolute Gasteiger partial charge is 0.352 e. The maximum absolute atomic E-state index is 12.0. The van der Waals surface area contributed by atoms with E-state index in [4.69, 9.17) is 9.47 Å². The van der Waals surface area contributed by atoms with E-state index in [1.807, 2.05) is 0 Å². The fraction of sp³-hybridized carbons (Fsp3) is 0.688. The Hall–Kier alpha value is -1.73. The summed E-state index contributed by atoms with van der Waals surface area (Å²) in [5.74, 6) is 0.543. The van der Waals surface area contributed by atoms with Gasteiger partial charge in [0, 0.05) is 44.9 Å². The van der Waals surface area contributed by atoms with Crippen LogP contribution in [0.1, 0.15) is 37.0 Å². The van der Waals surface area contributed by atoms with Gasteiger partial charge in [-0.2, -0.15) is 0 Å². The van der Waals surface area contributed by atoms with E-state index in [2.05, 4.69) is 34.0 Å². The van der Waals surface area contributed by atoms with Crippen LogP contribution >= 0.6 is 0 Å². The normalized spacial score (nSPS) is 20.2. The molecule has 0 aliphatic carbocycles. The Morgan fingerprint density at radius 2 is 1.87 bits per heavy atom. The molecular weight excluding hydrogens is 296 g/mol. The Balaban J connectivity index is 1.56. The first kappa shape index (κ1) is 16.1. The van der Waals surface area contributed by atoms with Crippen LogP contribution in [0.3, 0.4) is 0 Å². The van der Waals surface area contributed by atoms with Gasteiger partial charge in [0.1, 0.15) is 0 Å². The number of carbonyl (C=O) groups is 1. The van der Waals surface area contributed by atoms with Gasteiger partial charge in [0.05, 0.1) is 18.8 Å². The molecule has 3 heterocycles. The molecule has 0 unspecified atom stereocenters. The Labute approximate surface area is 136 Å². The summed E-state index contributed by atoms with van der Waals surface area (Å²) in [6.45, 7) is 7.70. The zero-order valence-electron chi connectivity index (χ0n) is 13.7. The van der Waals surface area contributed by atoms with Crippen LogP contribution in [-0.4, -0.2) is 54.5 Å². The number of ether oxygens (including phenoxy) is 2. The first-order valence-corrected chi connectivity index (χ1v) is 8.21. The summed E-state index contributed by atoms with van der Waals surface area (Å²) in [6.07, 6.45) is 4.80. The molecule has 7 nitrogen and oxygen atoms in total. The summed E-state index contributed by atoms with van der Waals surface area (Å²) >= 11 is 0. The van der Waals surface area contributed by atoms with E-state index in [1.165, 1.54) is 0 Å². The molecule has 126 valence electrons. The summed E-state index contributed by atoms with van der Waals surface area (Å²) in [5, 5.41) is 2.86. The number of hydrogen-bond acceptors (Lipinski definition) is 6. The number of piperidine rings is 1. The van der Waals surface area contributed by atoms with Gasteiger partial charge in [-0.15, -0.1) is 0 Å². The van der Waals surface area contributed by atoms with Crippen molar-refractivity contribution in [3.8, 4) is 0 Å². The van der Waals surface area contributed by atoms with Crippen LogP contribution in [0.25, 0.3) is 0 Å². The van der Waals surface area contributed by atoms with Gasteiger partial charge >= 0.3 is 0 Å². The molecule has 0 saturated carbocycles. The van der Waals surface area contributed by atoms with Gasteiger partial charge in [-0.25, -0.2) is 9.97 Å². The average Bonchev–Trinajstić information content (AvgIpc) is 3.02. The van der Waals surface area contributed by atoms with Crippen molar-refractivity contribution in [3.63, 3.8) is 0 Å². The fourth-order valence-electron chi connectivity index (χ4n) is 2.83. The highest BCUT2D eigenvalue weighted by Gasteiger charge is 2.40. The molecule has 7 heteroatoms. The summed E-state index contributed by atoms with van der Waals surface area (Å²) in [5.41, 5.74) is 0.491.